The van der Waals surface area contributed by atoms with Crippen LogP contribution in [-0.4, -0.2) is 18.5 Å². The number of anilines is 1. The maximum Gasteiger partial charge on any atom is 0.336 e. The molecule has 0 aliphatic carbocycles. The van der Waals surface area contributed by atoms with E-state index in [0.717, 1.165) is 16.8 Å². The minimum atomic E-state index is -0.371. The Labute approximate surface area is 150 Å². The Hall–Kier alpha value is -2.59. The van der Waals surface area contributed by atoms with Gasteiger partial charge in [-0.2, -0.15) is 0 Å². The Kier molecular flexibility index (Phi) is 3.85. The van der Waals surface area contributed by atoms with Gasteiger partial charge in [-0.15, -0.1) is 0 Å². The van der Waals surface area contributed by atoms with E-state index < -0.39 is 0 Å². The lowest BCUT2D eigenvalue weighted by Crippen LogP contribution is -2.37. The third-order valence-electron chi connectivity index (χ3n) is 4.69. The second-order valence-electron chi connectivity index (χ2n) is 6.28. The first-order valence-electron chi connectivity index (χ1n) is 8.10. The molecule has 1 atom stereocenters. The highest BCUT2D eigenvalue weighted by molar-refractivity contribution is 6.31. The van der Waals surface area contributed by atoms with Gasteiger partial charge in [0.05, 0.1) is 11.3 Å². The Morgan fingerprint density at radius 1 is 1.08 bits per heavy atom. The zero-order chi connectivity index (χ0) is 17.6. The molecule has 4 nitrogen and oxygen atoms in total. The van der Waals surface area contributed by atoms with Gasteiger partial charge >= 0.3 is 5.97 Å². The van der Waals surface area contributed by atoms with Gasteiger partial charge in [0, 0.05) is 23.0 Å². The van der Waals surface area contributed by atoms with Gasteiger partial charge in [0.2, 0.25) is 5.91 Å². The molecule has 25 heavy (non-hydrogen) atoms. The fourth-order valence-corrected chi connectivity index (χ4v) is 3.74. The standard InChI is InChI=1S/C20H16ClNO3/c1-12-6-8-13(9-7-12)22-17-11-25-20(24)19(17)15(10-18(22)23)14-4-2-3-5-16(14)21/h2-9,15H,10-11H2,1H3. The van der Waals surface area contributed by atoms with Crippen molar-refractivity contribution in [2.24, 2.45) is 0 Å². The van der Waals surface area contributed by atoms with E-state index in [-0.39, 0.29) is 30.8 Å². The average molecular weight is 354 g/mol. The number of rotatable bonds is 2. The molecule has 0 radical (unpaired) electrons. The summed E-state index contributed by atoms with van der Waals surface area (Å²) in [6.45, 7) is 2.09. The van der Waals surface area contributed by atoms with Crippen LogP contribution in [0.4, 0.5) is 5.69 Å². The van der Waals surface area contributed by atoms with Crippen molar-refractivity contribution in [1.29, 1.82) is 0 Å². The van der Waals surface area contributed by atoms with Crippen LogP contribution in [0.3, 0.4) is 0 Å². The smallest absolute Gasteiger partial charge is 0.336 e. The van der Waals surface area contributed by atoms with E-state index >= 15 is 0 Å². The Morgan fingerprint density at radius 3 is 2.52 bits per heavy atom. The van der Waals surface area contributed by atoms with Crippen molar-refractivity contribution in [3.8, 4) is 0 Å². The predicted octanol–water partition coefficient (Wildman–Crippen LogP) is 3.98. The predicted molar refractivity (Wildman–Crippen MR) is 95.5 cm³/mol. The van der Waals surface area contributed by atoms with Crippen LogP contribution in [0.1, 0.15) is 23.5 Å². The molecule has 2 heterocycles. The van der Waals surface area contributed by atoms with Crippen LogP contribution in [0.2, 0.25) is 5.02 Å². The minimum absolute atomic E-state index is 0.0641. The molecule has 0 saturated carbocycles. The van der Waals surface area contributed by atoms with E-state index in [0.29, 0.717) is 16.3 Å². The zero-order valence-corrected chi connectivity index (χ0v) is 14.4. The van der Waals surface area contributed by atoms with Crippen molar-refractivity contribution < 1.29 is 14.3 Å². The third-order valence-corrected chi connectivity index (χ3v) is 5.03. The van der Waals surface area contributed by atoms with Gasteiger partial charge in [0.25, 0.3) is 0 Å². The number of esters is 1. The molecule has 0 bridgehead atoms. The number of amides is 1. The lowest BCUT2D eigenvalue weighted by Gasteiger charge is -2.32. The lowest BCUT2D eigenvalue weighted by molar-refractivity contribution is -0.136. The van der Waals surface area contributed by atoms with E-state index in [2.05, 4.69) is 0 Å². The first-order valence-corrected chi connectivity index (χ1v) is 8.48. The summed E-state index contributed by atoms with van der Waals surface area (Å²) >= 11 is 6.31. The molecule has 0 saturated heterocycles. The van der Waals surface area contributed by atoms with E-state index in [1.165, 1.54) is 0 Å². The van der Waals surface area contributed by atoms with E-state index in [1.807, 2.05) is 49.4 Å². The number of aryl methyl sites for hydroxylation is 1. The molecule has 0 aromatic heterocycles. The Morgan fingerprint density at radius 2 is 1.80 bits per heavy atom. The van der Waals surface area contributed by atoms with Gasteiger partial charge in [0.15, 0.2) is 0 Å². The molecule has 0 fully saturated rings. The fourth-order valence-electron chi connectivity index (χ4n) is 3.47. The average Bonchev–Trinajstić information content (AvgIpc) is 2.98. The zero-order valence-electron chi connectivity index (χ0n) is 13.7. The lowest BCUT2D eigenvalue weighted by atomic mass is 9.84. The monoisotopic (exact) mass is 353 g/mol. The van der Waals surface area contributed by atoms with Crippen LogP contribution in [0.5, 0.6) is 0 Å². The fraction of sp³-hybridized carbons (Fsp3) is 0.200. The summed E-state index contributed by atoms with van der Waals surface area (Å²) in [6, 6.07) is 15.0. The largest absolute Gasteiger partial charge is 0.456 e. The number of nitrogens with zero attached hydrogens (tertiary/aromatic N) is 1. The van der Waals surface area contributed by atoms with Crippen LogP contribution in [0.15, 0.2) is 59.8 Å². The summed E-state index contributed by atoms with van der Waals surface area (Å²) in [4.78, 5) is 26.9. The first-order chi connectivity index (χ1) is 12.1. The summed E-state index contributed by atoms with van der Waals surface area (Å²) < 4.78 is 5.27. The highest BCUT2D eigenvalue weighted by Crippen LogP contribution is 2.43. The molecule has 0 N–H and O–H groups in total. The van der Waals surface area contributed by atoms with E-state index in [4.69, 9.17) is 16.3 Å². The van der Waals surface area contributed by atoms with Crippen LogP contribution < -0.4 is 4.90 Å². The summed E-state index contributed by atoms with van der Waals surface area (Å²) in [6.07, 6.45) is 0.186. The third kappa shape index (κ3) is 2.63. The minimum Gasteiger partial charge on any atom is -0.456 e. The van der Waals surface area contributed by atoms with Crippen molar-refractivity contribution in [2.75, 3.05) is 11.5 Å². The summed E-state index contributed by atoms with van der Waals surface area (Å²) in [5.41, 5.74) is 3.80. The number of benzene rings is 2. The van der Waals surface area contributed by atoms with Crippen molar-refractivity contribution in [1.82, 2.24) is 0 Å². The molecule has 5 heteroatoms. The molecule has 4 rings (SSSR count). The molecule has 2 aliphatic heterocycles. The maximum atomic E-state index is 12.9. The van der Waals surface area contributed by atoms with Gasteiger partial charge in [-0.05, 0) is 30.7 Å². The van der Waals surface area contributed by atoms with Gasteiger partial charge in [-0.1, -0.05) is 47.5 Å². The summed E-state index contributed by atoms with van der Waals surface area (Å²) in [5, 5.41) is 0.552. The van der Waals surface area contributed by atoms with Gasteiger partial charge in [-0.3, -0.25) is 9.69 Å². The molecular weight excluding hydrogens is 338 g/mol. The highest BCUT2D eigenvalue weighted by atomic mass is 35.5. The number of hydrogen-bond donors (Lipinski definition) is 0. The molecule has 126 valence electrons. The van der Waals surface area contributed by atoms with E-state index in [9.17, 15) is 9.59 Å². The number of halogens is 1. The van der Waals surface area contributed by atoms with Crippen molar-refractivity contribution in [2.45, 2.75) is 19.3 Å². The number of cyclic esters (lactones) is 1. The van der Waals surface area contributed by atoms with Crippen LogP contribution in [-0.2, 0) is 14.3 Å². The maximum absolute atomic E-state index is 12.9. The van der Waals surface area contributed by atoms with Crippen molar-refractivity contribution >= 4 is 29.2 Å². The second kappa shape index (κ2) is 6.05. The molecule has 2 aliphatic rings. The molecular formula is C20H16ClNO3. The number of ether oxygens (including phenoxy) is 1. The Bertz CT molecular complexity index is 901. The van der Waals surface area contributed by atoms with E-state index in [1.54, 1.807) is 11.0 Å². The van der Waals surface area contributed by atoms with Crippen LogP contribution in [0.25, 0.3) is 0 Å². The summed E-state index contributed by atoms with van der Waals surface area (Å²) in [7, 11) is 0. The highest BCUT2D eigenvalue weighted by Gasteiger charge is 2.43. The van der Waals surface area contributed by atoms with Gasteiger partial charge in [-0.25, -0.2) is 4.79 Å². The number of carbonyl (C=O) groups is 2. The summed E-state index contributed by atoms with van der Waals surface area (Å²) in [5.74, 6) is -0.803. The normalized spacial score (nSPS) is 19.9. The van der Waals surface area contributed by atoms with Crippen molar-refractivity contribution in [3.63, 3.8) is 0 Å². The second-order valence-corrected chi connectivity index (χ2v) is 6.69. The SMILES string of the molecule is Cc1ccc(N2C(=O)CC(c3ccccc3Cl)C3=C2COC3=O)cc1. The van der Waals surface area contributed by atoms with Gasteiger partial charge in [0.1, 0.15) is 6.61 Å². The molecule has 1 unspecified atom stereocenters. The Balaban J connectivity index is 1.85. The topological polar surface area (TPSA) is 46.6 Å². The molecule has 0 spiro atoms. The first kappa shape index (κ1) is 15.9. The van der Waals surface area contributed by atoms with Crippen molar-refractivity contribution in [3.05, 3.63) is 76.0 Å². The molecule has 1 amide bonds. The molecule has 2 aromatic carbocycles. The molecule has 2 aromatic rings. The van der Waals surface area contributed by atoms with Crippen LogP contribution >= 0.6 is 11.6 Å². The number of carbonyl (C=O) groups excluding carboxylic acids is 2. The quantitative estimate of drug-likeness (QED) is 0.767. The van der Waals surface area contributed by atoms with Crippen LogP contribution in [0, 0.1) is 6.92 Å². The van der Waals surface area contributed by atoms with Gasteiger partial charge < -0.3 is 4.74 Å². The number of hydrogen-bond acceptors (Lipinski definition) is 3.